The molecule has 1 amide bonds. The van der Waals surface area contributed by atoms with Crippen molar-refractivity contribution in [1.82, 2.24) is 15.2 Å². The lowest BCUT2D eigenvalue weighted by Crippen LogP contribution is -2.28. The molecular weight excluding hydrogens is 214 g/mol. The van der Waals surface area contributed by atoms with Gasteiger partial charge in [0.25, 0.3) is 0 Å². The second-order valence-corrected chi connectivity index (χ2v) is 4.67. The van der Waals surface area contributed by atoms with Crippen LogP contribution in [-0.2, 0) is 11.3 Å². The fourth-order valence-electron chi connectivity index (χ4n) is 2.14. The number of aromatic nitrogens is 1. The van der Waals surface area contributed by atoms with Crippen molar-refractivity contribution in [2.75, 3.05) is 20.1 Å². The lowest BCUT2D eigenvalue weighted by molar-refractivity contribution is -0.131. The number of nitrogens with one attached hydrogen (secondary N) is 1. The predicted molar refractivity (Wildman–Crippen MR) is 66.3 cm³/mol. The van der Waals surface area contributed by atoms with Crippen LogP contribution in [0.1, 0.15) is 18.4 Å². The smallest absolute Gasteiger partial charge is 0.222 e. The van der Waals surface area contributed by atoms with Crippen LogP contribution < -0.4 is 5.32 Å². The van der Waals surface area contributed by atoms with Gasteiger partial charge in [-0.3, -0.25) is 9.78 Å². The average Bonchev–Trinajstić information content (AvgIpc) is 2.83. The fourth-order valence-corrected chi connectivity index (χ4v) is 2.14. The van der Waals surface area contributed by atoms with E-state index in [0.29, 0.717) is 18.9 Å². The molecule has 1 aromatic heterocycles. The van der Waals surface area contributed by atoms with Crippen LogP contribution in [0, 0.1) is 5.92 Å². The van der Waals surface area contributed by atoms with Crippen molar-refractivity contribution in [2.24, 2.45) is 5.92 Å². The molecule has 1 fully saturated rings. The van der Waals surface area contributed by atoms with Crippen molar-refractivity contribution in [1.29, 1.82) is 0 Å². The van der Waals surface area contributed by atoms with E-state index < -0.39 is 0 Å². The van der Waals surface area contributed by atoms with E-state index >= 15 is 0 Å². The molecule has 1 aliphatic heterocycles. The summed E-state index contributed by atoms with van der Waals surface area (Å²) in [5, 5.41) is 3.29. The first kappa shape index (κ1) is 12.0. The summed E-state index contributed by atoms with van der Waals surface area (Å²) in [4.78, 5) is 17.8. The van der Waals surface area contributed by atoms with E-state index in [4.69, 9.17) is 0 Å². The molecule has 2 heterocycles. The van der Waals surface area contributed by atoms with E-state index in [-0.39, 0.29) is 5.91 Å². The summed E-state index contributed by atoms with van der Waals surface area (Å²) in [7, 11) is 1.87. The van der Waals surface area contributed by atoms with Gasteiger partial charge in [-0.2, -0.15) is 0 Å². The average molecular weight is 233 g/mol. The third-order valence-corrected chi connectivity index (χ3v) is 3.22. The van der Waals surface area contributed by atoms with Gasteiger partial charge < -0.3 is 10.2 Å². The zero-order valence-electron chi connectivity index (χ0n) is 10.2. The van der Waals surface area contributed by atoms with E-state index in [2.05, 4.69) is 10.3 Å². The summed E-state index contributed by atoms with van der Waals surface area (Å²) < 4.78 is 0. The molecule has 92 valence electrons. The minimum atomic E-state index is 0.232. The van der Waals surface area contributed by atoms with Crippen LogP contribution in [0.25, 0.3) is 0 Å². The first-order chi connectivity index (χ1) is 8.25. The van der Waals surface area contributed by atoms with Gasteiger partial charge in [-0.25, -0.2) is 0 Å². The lowest BCUT2D eigenvalue weighted by atomic mass is 10.0. The van der Waals surface area contributed by atoms with Crippen molar-refractivity contribution in [3.63, 3.8) is 0 Å². The molecule has 0 aromatic carbocycles. The van der Waals surface area contributed by atoms with Crippen LogP contribution in [0.15, 0.2) is 24.5 Å². The summed E-state index contributed by atoms with van der Waals surface area (Å²) in [6.45, 7) is 2.70. The molecule has 17 heavy (non-hydrogen) atoms. The molecule has 1 atom stereocenters. The molecule has 0 aliphatic carbocycles. The Labute approximate surface area is 102 Å². The highest BCUT2D eigenvalue weighted by Crippen LogP contribution is 2.14. The Kier molecular flexibility index (Phi) is 4.09. The number of carbonyl (C=O) groups is 1. The van der Waals surface area contributed by atoms with E-state index in [1.54, 1.807) is 17.3 Å². The molecule has 4 nitrogen and oxygen atoms in total. The zero-order chi connectivity index (χ0) is 12.1. The monoisotopic (exact) mass is 233 g/mol. The maximum atomic E-state index is 12.0. The number of amides is 1. The highest BCUT2D eigenvalue weighted by molar-refractivity contribution is 5.76. The van der Waals surface area contributed by atoms with Gasteiger partial charge in [0.2, 0.25) is 5.91 Å². The second kappa shape index (κ2) is 5.77. The number of hydrogen-bond donors (Lipinski definition) is 1. The Balaban J connectivity index is 1.82. The minimum Gasteiger partial charge on any atom is -0.341 e. The molecule has 0 spiro atoms. The lowest BCUT2D eigenvalue weighted by Gasteiger charge is -2.19. The molecule has 4 heteroatoms. The van der Waals surface area contributed by atoms with Gasteiger partial charge >= 0.3 is 0 Å². The predicted octanol–water partition coefficient (Wildman–Crippen LogP) is 1.04. The molecular formula is C13H19N3O. The molecule has 0 saturated carbocycles. The van der Waals surface area contributed by atoms with Crippen molar-refractivity contribution in [3.05, 3.63) is 30.1 Å². The van der Waals surface area contributed by atoms with Gasteiger partial charge in [-0.1, -0.05) is 0 Å². The van der Waals surface area contributed by atoms with Crippen molar-refractivity contribution in [3.8, 4) is 0 Å². The third kappa shape index (κ3) is 3.53. The topological polar surface area (TPSA) is 45.2 Å². The molecule has 1 aliphatic rings. The summed E-state index contributed by atoms with van der Waals surface area (Å²) in [5.74, 6) is 0.748. The highest BCUT2D eigenvalue weighted by atomic mass is 16.2. The Morgan fingerprint density at radius 2 is 2.29 bits per heavy atom. The van der Waals surface area contributed by atoms with Crippen molar-refractivity contribution >= 4 is 5.91 Å². The third-order valence-electron chi connectivity index (χ3n) is 3.22. The summed E-state index contributed by atoms with van der Waals surface area (Å²) >= 11 is 0. The Morgan fingerprint density at radius 3 is 2.94 bits per heavy atom. The van der Waals surface area contributed by atoms with E-state index in [0.717, 1.165) is 25.1 Å². The molecule has 1 saturated heterocycles. The SMILES string of the molecule is CN(Cc1ccncc1)C(=O)CC1CCNC1. The number of pyridine rings is 1. The van der Waals surface area contributed by atoms with Gasteiger partial charge in [-0.05, 0) is 43.1 Å². The van der Waals surface area contributed by atoms with Crippen LogP contribution in [0.5, 0.6) is 0 Å². The zero-order valence-corrected chi connectivity index (χ0v) is 10.2. The maximum absolute atomic E-state index is 12.0. The quantitative estimate of drug-likeness (QED) is 0.845. The standard InChI is InChI=1S/C13H19N3O/c1-16(10-11-2-5-14-6-3-11)13(17)8-12-4-7-15-9-12/h2-3,5-6,12,15H,4,7-10H2,1H3. The normalized spacial score (nSPS) is 19.2. The van der Waals surface area contributed by atoms with Gasteiger partial charge in [0.15, 0.2) is 0 Å². The maximum Gasteiger partial charge on any atom is 0.222 e. The molecule has 0 radical (unpaired) electrons. The van der Waals surface area contributed by atoms with E-state index in [1.807, 2.05) is 19.2 Å². The largest absolute Gasteiger partial charge is 0.341 e. The van der Waals surface area contributed by atoms with Crippen LogP contribution >= 0.6 is 0 Å². The molecule has 0 bridgehead atoms. The van der Waals surface area contributed by atoms with Crippen LogP contribution in [0.2, 0.25) is 0 Å². The van der Waals surface area contributed by atoms with E-state index in [9.17, 15) is 4.79 Å². The second-order valence-electron chi connectivity index (χ2n) is 4.67. The van der Waals surface area contributed by atoms with Crippen LogP contribution in [0.3, 0.4) is 0 Å². The summed E-state index contributed by atoms with van der Waals surface area (Å²) in [6, 6.07) is 3.89. The van der Waals surface area contributed by atoms with Gasteiger partial charge in [0, 0.05) is 32.4 Å². The molecule has 2 rings (SSSR count). The van der Waals surface area contributed by atoms with Crippen LogP contribution in [-0.4, -0.2) is 35.9 Å². The summed E-state index contributed by atoms with van der Waals surface area (Å²) in [6.07, 6.45) is 5.30. The van der Waals surface area contributed by atoms with Crippen LogP contribution in [0.4, 0.5) is 0 Å². The number of nitrogens with zero attached hydrogens (tertiary/aromatic N) is 2. The first-order valence-corrected chi connectivity index (χ1v) is 6.09. The Bertz CT molecular complexity index is 360. The Hall–Kier alpha value is -1.42. The van der Waals surface area contributed by atoms with Gasteiger partial charge in [0.1, 0.15) is 0 Å². The number of rotatable bonds is 4. The van der Waals surface area contributed by atoms with Gasteiger partial charge in [-0.15, -0.1) is 0 Å². The minimum absolute atomic E-state index is 0.232. The fraction of sp³-hybridized carbons (Fsp3) is 0.538. The molecule has 1 unspecified atom stereocenters. The van der Waals surface area contributed by atoms with Gasteiger partial charge in [0.05, 0.1) is 0 Å². The highest BCUT2D eigenvalue weighted by Gasteiger charge is 2.20. The summed E-state index contributed by atoms with van der Waals surface area (Å²) in [5.41, 5.74) is 1.13. The Morgan fingerprint density at radius 1 is 1.53 bits per heavy atom. The first-order valence-electron chi connectivity index (χ1n) is 6.09. The molecule has 1 aromatic rings. The number of hydrogen-bond acceptors (Lipinski definition) is 3. The van der Waals surface area contributed by atoms with E-state index in [1.165, 1.54) is 0 Å². The number of carbonyl (C=O) groups excluding carboxylic acids is 1. The van der Waals surface area contributed by atoms with Crippen molar-refractivity contribution < 1.29 is 4.79 Å². The van der Waals surface area contributed by atoms with Crippen molar-refractivity contribution in [2.45, 2.75) is 19.4 Å². The molecule has 1 N–H and O–H groups in total.